The number of ether oxygens (including phenoxy) is 5. The molecule has 3 heterocycles. The maximum Gasteiger partial charge on any atom is 0.348 e. The Labute approximate surface area is 206 Å². The third-order valence-corrected chi connectivity index (χ3v) is 9.73. The smallest absolute Gasteiger partial charge is 0.348 e. The number of fused-ring (bicyclic) bond motifs is 4. The quantitative estimate of drug-likeness (QED) is 0.379. The van der Waals surface area contributed by atoms with E-state index in [1.807, 2.05) is 19.9 Å². The molecule has 0 unspecified atom stereocenters. The van der Waals surface area contributed by atoms with Crippen molar-refractivity contribution < 1.29 is 53.1 Å². The maximum atomic E-state index is 13.3. The molecule has 6 rings (SSSR count). The summed E-state index contributed by atoms with van der Waals surface area (Å²) in [5.74, 6) is -5.15. The van der Waals surface area contributed by atoms with E-state index in [0.717, 1.165) is 14.0 Å². The van der Waals surface area contributed by atoms with Gasteiger partial charge in [-0.05, 0) is 24.3 Å². The van der Waals surface area contributed by atoms with Gasteiger partial charge >= 0.3 is 23.9 Å². The van der Waals surface area contributed by atoms with Crippen molar-refractivity contribution in [3.63, 3.8) is 0 Å². The molecule has 6 aliphatic rings. The molecule has 0 aromatic heterocycles. The monoisotopic (exact) mass is 504 g/mol. The second kappa shape index (κ2) is 7.17. The normalized spacial score (nSPS) is 49.9. The van der Waals surface area contributed by atoms with Crippen LogP contribution in [0.15, 0.2) is 23.5 Å². The molecule has 11 atom stereocenters. The zero-order valence-corrected chi connectivity index (χ0v) is 20.3. The maximum absolute atomic E-state index is 13.3. The Balaban J connectivity index is 1.63. The van der Waals surface area contributed by atoms with Gasteiger partial charge in [-0.1, -0.05) is 13.8 Å². The van der Waals surface area contributed by atoms with Crippen molar-refractivity contribution in [3.05, 3.63) is 23.5 Å². The second-order valence-corrected chi connectivity index (χ2v) is 11.0. The van der Waals surface area contributed by atoms with Crippen molar-refractivity contribution >= 4 is 23.9 Å². The Kier molecular flexibility index (Phi) is 4.71. The van der Waals surface area contributed by atoms with Crippen LogP contribution in [0.5, 0.6) is 0 Å². The van der Waals surface area contributed by atoms with Gasteiger partial charge in [-0.3, -0.25) is 4.79 Å². The van der Waals surface area contributed by atoms with Crippen molar-refractivity contribution in [1.82, 2.24) is 0 Å². The van der Waals surface area contributed by atoms with Crippen LogP contribution in [-0.4, -0.2) is 77.8 Å². The van der Waals surface area contributed by atoms with E-state index in [-0.39, 0.29) is 18.4 Å². The number of hydrogen-bond acceptors (Lipinski definition) is 11. The summed E-state index contributed by atoms with van der Waals surface area (Å²) in [7, 11) is 1.11. The molecule has 2 N–H and O–H groups in total. The van der Waals surface area contributed by atoms with Crippen molar-refractivity contribution in [3.8, 4) is 0 Å². The van der Waals surface area contributed by atoms with Gasteiger partial charge in [-0.2, -0.15) is 0 Å². The average Bonchev–Trinajstić information content (AvgIpc) is 3.34. The first-order valence-electron chi connectivity index (χ1n) is 12.1. The largest absolute Gasteiger partial charge is 0.467 e. The molecule has 1 spiro atoms. The van der Waals surface area contributed by atoms with Crippen molar-refractivity contribution in [2.75, 3.05) is 13.7 Å². The van der Waals surface area contributed by atoms with Gasteiger partial charge in [0.1, 0.15) is 18.0 Å². The highest BCUT2D eigenvalue weighted by Crippen LogP contribution is 2.74. The van der Waals surface area contributed by atoms with Gasteiger partial charge in [0, 0.05) is 35.3 Å². The minimum absolute atomic E-state index is 0.132. The molecule has 194 valence electrons. The van der Waals surface area contributed by atoms with E-state index < -0.39 is 76.6 Å². The van der Waals surface area contributed by atoms with Gasteiger partial charge in [0.2, 0.25) is 11.7 Å². The van der Waals surface area contributed by atoms with E-state index in [1.165, 1.54) is 6.08 Å². The second-order valence-electron chi connectivity index (χ2n) is 11.0. The Morgan fingerprint density at radius 3 is 2.58 bits per heavy atom. The summed E-state index contributed by atoms with van der Waals surface area (Å²) in [5.41, 5.74) is -3.76. The van der Waals surface area contributed by atoms with Crippen LogP contribution in [0.1, 0.15) is 27.2 Å². The summed E-state index contributed by atoms with van der Waals surface area (Å²) in [6.45, 7) is 4.81. The summed E-state index contributed by atoms with van der Waals surface area (Å²) in [4.78, 5) is 50.9. The van der Waals surface area contributed by atoms with Gasteiger partial charge in [0.25, 0.3) is 0 Å². The van der Waals surface area contributed by atoms with E-state index in [4.69, 9.17) is 23.7 Å². The highest BCUT2D eigenvalue weighted by Gasteiger charge is 2.85. The predicted octanol–water partition coefficient (Wildman–Crippen LogP) is -0.217. The molecule has 0 radical (unpaired) electrons. The Bertz CT molecular complexity index is 1160. The lowest BCUT2D eigenvalue weighted by Gasteiger charge is -2.67. The number of carbonyl (C=O) groups excluding carboxylic acids is 4. The Hall–Kier alpha value is -2.76. The fraction of sp³-hybridized carbons (Fsp3) is 0.680. The zero-order valence-electron chi connectivity index (χ0n) is 20.3. The number of esters is 4. The molecule has 3 aliphatic carbocycles. The number of allylic oxidation sites excluding steroid dienone is 2. The van der Waals surface area contributed by atoms with E-state index in [1.54, 1.807) is 0 Å². The molecule has 11 nitrogen and oxygen atoms in total. The summed E-state index contributed by atoms with van der Waals surface area (Å²) in [6.07, 6.45) is -2.16. The van der Waals surface area contributed by atoms with Crippen LogP contribution >= 0.6 is 0 Å². The molecule has 36 heavy (non-hydrogen) atoms. The van der Waals surface area contributed by atoms with E-state index in [2.05, 4.69) is 0 Å². The summed E-state index contributed by atoms with van der Waals surface area (Å²) >= 11 is 0. The average molecular weight is 504 g/mol. The highest BCUT2D eigenvalue weighted by molar-refractivity contribution is 5.90. The number of methoxy groups -OCH3 is 1. The highest BCUT2D eigenvalue weighted by atomic mass is 16.6. The number of rotatable bonds is 2. The zero-order chi connectivity index (χ0) is 25.9. The van der Waals surface area contributed by atoms with E-state index in [9.17, 15) is 29.4 Å². The summed E-state index contributed by atoms with van der Waals surface area (Å²) < 4.78 is 27.8. The molecule has 2 bridgehead atoms. The Morgan fingerprint density at radius 2 is 1.92 bits per heavy atom. The molecule has 2 saturated heterocycles. The molecular formula is C25H28O11. The van der Waals surface area contributed by atoms with Crippen molar-refractivity contribution in [2.45, 2.75) is 57.2 Å². The van der Waals surface area contributed by atoms with Crippen LogP contribution in [-0.2, 0) is 42.9 Å². The lowest BCUT2D eigenvalue weighted by molar-refractivity contribution is -0.289. The third kappa shape index (κ3) is 2.44. The number of aliphatic hydroxyl groups excluding tert-OH is 2. The minimum Gasteiger partial charge on any atom is -0.467 e. The number of aliphatic hydroxyl groups is 2. The molecule has 4 fully saturated rings. The first-order valence-corrected chi connectivity index (χ1v) is 12.1. The third-order valence-electron chi connectivity index (χ3n) is 9.73. The van der Waals surface area contributed by atoms with Gasteiger partial charge in [0.15, 0.2) is 0 Å². The molecular weight excluding hydrogens is 476 g/mol. The SMILES string of the molecule is COC(=O)[C@@]12OC[C@]34[C@H]([C@@H](O)[C@@H]1O)[C@@]1(C)C5=CC(=O)OC5=C[C@@H](C)[C@@H]1C[C@H]3OC(=O)[C@@H](OC(C)=O)[C@H]24. The van der Waals surface area contributed by atoms with Crippen LogP contribution in [0, 0.1) is 34.5 Å². The molecule has 3 aliphatic heterocycles. The van der Waals surface area contributed by atoms with Gasteiger partial charge in [-0.15, -0.1) is 0 Å². The fourth-order valence-electron chi connectivity index (χ4n) is 8.64. The van der Waals surface area contributed by atoms with E-state index >= 15 is 0 Å². The van der Waals surface area contributed by atoms with Crippen molar-refractivity contribution in [1.29, 1.82) is 0 Å². The molecule has 0 aromatic carbocycles. The first kappa shape index (κ1) is 23.6. The van der Waals surface area contributed by atoms with Crippen LogP contribution in [0.3, 0.4) is 0 Å². The minimum atomic E-state index is -2.17. The summed E-state index contributed by atoms with van der Waals surface area (Å²) in [5, 5.41) is 23.3. The fourth-order valence-corrected chi connectivity index (χ4v) is 8.64. The molecule has 2 saturated carbocycles. The van der Waals surface area contributed by atoms with Gasteiger partial charge < -0.3 is 33.9 Å². The van der Waals surface area contributed by atoms with Crippen molar-refractivity contribution in [2.24, 2.45) is 34.5 Å². The number of hydrogen-bond donors (Lipinski definition) is 2. The lowest BCUT2D eigenvalue weighted by atomic mass is 9.37. The molecule has 0 aromatic rings. The standard InChI is InChI=1S/C25H28O11/c1-9-5-13-12(7-15(27)35-13)23(3)11(9)6-14-24-8-33-25(22(31)32-4,20(29)16(28)18(23)24)19(24)17(21(30)36-14)34-10(2)26/h5,7,9,11,14,16-20,28-29H,6,8H2,1-4H3/t9-,11+,14-,16-,17+,18-,19+,20+,23-,24-,25+/m1/s1. The van der Waals surface area contributed by atoms with E-state index in [0.29, 0.717) is 17.8 Å². The topological polar surface area (TPSA) is 155 Å². The number of carbonyl (C=O) groups is 4. The molecule has 11 heteroatoms. The van der Waals surface area contributed by atoms with Crippen LogP contribution in [0.4, 0.5) is 0 Å². The van der Waals surface area contributed by atoms with Crippen LogP contribution < -0.4 is 0 Å². The first-order chi connectivity index (χ1) is 16.9. The summed E-state index contributed by atoms with van der Waals surface area (Å²) in [6, 6.07) is 0. The van der Waals surface area contributed by atoms with Gasteiger partial charge in [0.05, 0.1) is 25.7 Å². The van der Waals surface area contributed by atoms with Crippen LogP contribution in [0.2, 0.25) is 0 Å². The predicted molar refractivity (Wildman–Crippen MR) is 115 cm³/mol. The Morgan fingerprint density at radius 1 is 1.19 bits per heavy atom. The lowest BCUT2D eigenvalue weighted by Crippen LogP contribution is -2.79. The van der Waals surface area contributed by atoms with Gasteiger partial charge in [-0.25, -0.2) is 14.4 Å². The van der Waals surface area contributed by atoms with Crippen LogP contribution in [0.25, 0.3) is 0 Å². The molecule has 0 amide bonds.